The van der Waals surface area contributed by atoms with Crippen LogP contribution in [0.4, 0.5) is 0 Å². The molecule has 2 fully saturated rings. The summed E-state index contributed by atoms with van der Waals surface area (Å²) in [5.41, 5.74) is 4.69. The first-order valence-electron chi connectivity index (χ1n) is 13.0. The molecule has 1 atom stereocenters. The van der Waals surface area contributed by atoms with Crippen molar-refractivity contribution in [1.82, 2.24) is 15.5 Å². The second-order valence-electron chi connectivity index (χ2n) is 11.1. The van der Waals surface area contributed by atoms with E-state index in [0.29, 0.717) is 30.0 Å². The lowest BCUT2D eigenvalue weighted by molar-refractivity contribution is -0.136. The molecular weight excluding hydrogens is 470 g/mol. The quantitative estimate of drug-likeness (QED) is 0.418. The SMILES string of the molecule is CC1(C)CCC(NCc2ccc(CSc3cccc4c3CN(C3CCC(=O)NC3=O)C4=O)cc2)CC1. The number of benzene rings is 2. The third-order valence-electron chi connectivity index (χ3n) is 7.89. The number of thioether (sulfide) groups is 1. The monoisotopic (exact) mass is 505 g/mol. The number of fused-ring (bicyclic) bond motifs is 1. The Morgan fingerprint density at radius 3 is 2.44 bits per heavy atom. The number of rotatable bonds is 7. The summed E-state index contributed by atoms with van der Waals surface area (Å²) < 4.78 is 0. The average molecular weight is 506 g/mol. The zero-order valence-electron chi connectivity index (χ0n) is 21.1. The minimum absolute atomic E-state index is 0.125. The molecule has 0 radical (unpaired) electrons. The average Bonchev–Trinajstić information content (AvgIpc) is 3.19. The minimum Gasteiger partial charge on any atom is -0.322 e. The molecular formula is C29H35N3O3S. The number of carbonyl (C=O) groups is 3. The van der Waals surface area contributed by atoms with Crippen LogP contribution in [0.1, 0.15) is 79.4 Å². The first-order chi connectivity index (χ1) is 17.3. The summed E-state index contributed by atoms with van der Waals surface area (Å²) in [4.78, 5) is 39.6. The molecule has 2 N–H and O–H groups in total. The van der Waals surface area contributed by atoms with Crippen molar-refractivity contribution in [2.24, 2.45) is 5.41 Å². The van der Waals surface area contributed by atoms with E-state index in [0.717, 1.165) is 22.8 Å². The second kappa shape index (κ2) is 10.4. The molecule has 1 saturated heterocycles. The molecule has 0 spiro atoms. The van der Waals surface area contributed by atoms with E-state index in [1.165, 1.54) is 36.8 Å². The van der Waals surface area contributed by atoms with Crippen LogP contribution in [-0.4, -0.2) is 34.7 Å². The first kappa shape index (κ1) is 25.0. The molecule has 0 bridgehead atoms. The number of imide groups is 1. The summed E-state index contributed by atoms with van der Waals surface area (Å²) in [6.45, 7) is 6.06. The van der Waals surface area contributed by atoms with Crippen LogP contribution in [0.5, 0.6) is 0 Å². The highest BCUT2D eigenvalue weighted by molar-refractivity contribution is 7.98. The van der Waals surface area contributed by atoms with Crippen molar-refractivity contribution in [3.05, 3.63) is 64.7 Å². The van der Waals surface area contributed by atoms with Crippen molar-refractivity contribution in [3.8, 4) is 0 Å². The molecule has 0 aromatic heterocycles. The molecule has 1 saturated carbocycles. The Kier molecular flexibility index (Phi) is 7.22. The maximum Gasteiger partial charge on any atom is 0.255 e. The van der Waals surface area contributed by atoms with Crippen LogP contribution in [0.2, 0.25) is 0 Å². The predicted molar refractivity (Wildman–Crippen MR) is 141 cm³/mol. The zero-order chi connectivity index (χ0) is 25.3. The highest BCUT2D eigenvalue weighted by Crippen LogP contribution is 2.36. The van der Waals surface area contributed by atoms with Crippen LogP contribution in [0.25, 0.3) is 0 Å². The second-order valence-corrected chi connectivity index (χ2v) is 12.1. The van der Waals surface area contributed by atoms with Gasteiger partial charge in [-0.25, -0.2) is 0 Å². The van der Waals surface area contributed by atoms with Gasteiger partial charge in [0, 0.05) is 41.8 Å². The predicted octanol–water partition coefficient (Wildman–Crippen LogP) is 4.80. The molecule has 2 aromatic rings. The molecule has 3 amide bonds. The van der Waals surface area contributed by atoms with Gasteiger partial charge in [0.05, 0.1) is 0 Å². The Balaban J connectivity index is 1.16. The smallest absolute Gasteiger partial charge is 0.255 e. The normalized spacial score (nSPS) is 22.0. The summed E-state index contributed by atoms with van der Waals surface area (Å²) in [5, 5.41) is 6.10. The summed E-state index contributed by atoms with van der Waals surface area (Å²) in [7, 11) is 0. The summed E-state index contributed by atoms with van der Waals surface area (Å²) in [6.07, 6.45) is 5.75. The van der Waals surface area contributed by atoms with Crippen LogP contribution in [0, 0.1) is 5.41 Å². The highest BCUT2D eigenvalue weighted by atomic mass is 32.2. The zero-order valence-corrected chi connectivity index (χ0v) is 22.0. The van der Waals surface area contributed by atoms with Gasteiger partial charge in [0.1, 0.15) is 6.04 Å². The summed E-state index contributed by atoms with van der Waals surface area (Å²) in [5.74, 6) is 0.0504. The van der Waals surface area contributed by atoms with Crippen LogP contribution in [-0.2, 0) is 28.4 Å². The molecule has 1 aliphatic carbocycles. The number of amides is 3. The van der Waals surface area contributed by atoms with Crippen molar-refractivity contribution >= 4 is 29.5 Å². The van der Waals surface area contributed by atoms with Crippen molar-refractivity contribution in [1.29, 1.82) is 0 Å². The van der Waals surface area contributed by atoms with Gasteiger partial charge in [0.2, 0.25) is 11.8 Å². The molecule has 2 heterocycles. The lowest BCUT2D eigenvalue weighted by Crippen LogP contribution is -2.52. The van der Waals surface area contributed by atoms with Crippen LogP contribution >= 0.6 is 11.8 Å². The van der Waals surface area contributed by atoms with Gasteiger partial charge in [0.15, 0.2) is 0 Å². The van der Waals surface area contributed by atoms with Crippen LogP contribution in [0.15, 0.2) is 47.4 Å². The highest BCUT2D eigenvalue weighted by Gasteiger charge is 2.39. The summed E-state index contributed by atoms with van der Waals surface area (Å²) in [6, 6.07) is 14.6. The summed E-state index contributed by atoms with van der Waals surface area (Å²) >= 11 is 1.72. The molecule has 190 valence electrons. The van der Waals surface area contributed by atoms with Crippen molar-refractivity contribution in [3.63, 3.8) is 0 Å². The largest absolute Gasteiger partial charge is 0.322 e. The number of hydrogen-bond acceptors (Lipinski definition) is 5. The Labute approximate surface area is 217 Å². The maximum atomic E-state index is 13.0. The molecule has 2 aliphatic heterocycles. The minimum atomic E-state index is -0.582. The standard InChI is InChI=1S/C29H35N3O3S/c1-29(2)14-12-21(13-15-29)30-16-19-6-8-20(9-7-19)18-36-25-5-3-4-22-23(25)17-32(28(22)35)24-10-11-26(33)31-27(24)34/h3-9,21,24,30H,10-18H2,1-2H3,(H,31,33,34). The van der Waals surface area contributed by atoms with Crippen molar-refractivity contribution in [2.45, 2.75) is 88.2 Å². The Morgan fingerprint density at radius 1 is 1.00 bits per heavy atom. The Hall–Kier alpha value is -2.64. The number of nitrogens with one attached hydrogen (secondary N) is 2. The lowest BCUT2D eigenvalue weighted by Gasteiger charge is -2.34. The number of carbonyl (C=O) groups excluding carboxylic acids is 3. The van der Waals surface area contributed by atoms with E-state index in [-0.39, 0.29) is 24.1 Å². The van der Waals surface area contributed by atoms with Crippen molar-refractivity contribution < 1.29 is 14.4 Å². The molecule has 7 heteroatoms. The van der Waals surface area contributed by atoms with E-state index in [1.54, 1.807) is 16.7 Å². The Bertz CT molecular complexity index is 1150. The fraction of sp³-hybridized carbons (Fsp3) is 0.483. The molecule has 5 rings (SSSR count). The third kappa shape index (κ3) is 5.52. The third-order valence-corrected chi connectivity index (χ3v) is 9.06. The van der Waals surface area contributed by atoms with Gasteiger partial charge in [-0.2, -0.15) is 0 Å². The van der Waals surface area contributed by atoms with E-state index in [9.17, 15) is 14.4 Å². The van der Waals surface area contributed by atoms with Gasteiger partial charge in [-0.3, -0.25) is 19.7 Å². The van der Waals surface area contributed by atoms with E-state index in [4.69, 9.17) is 0 Å². The molecule has 2 aromatic carbocycles. The first-order valence-corrected chi connectivity index (χ1v) is 14.0. The Morgan fingerprint density at radius 2 is 1.72 bits per heavy atom. The van der Waals surface area contributed by atoms with E-state index in [1.807, 2.05) is 12.1 Å². The van der Waals surface area contributed by atoms with Crippen molar-refractivity contribution in [2.75, 3.05) is 0 Å². The van der Waals surface area contributed by atoms with Gasteiger partial charge in [0.25, 0.3) is 5.91 Å². The molecule has 36 heavy (non-hydrogen) atoms. The number of nitrogens with zero attached hydrogens (tertiary/aromatic N) is 1. The molecule has 1 unspecified atom stereocenters. The maximum absolute atomic E-state index is 13.0. The molecule has 3 aliphatic rings. The van der Waals surface area contributed by atoms with Crippen LogP contribution in [0.3, 0.4) is 0 Å². The fourth-order valence-corrected chi connectivity index (χ4v) is 6.51. The molecule has 6 nitrogen and oxygen atoms in total. The van der Waals surface area contributed by atoms with Gasteiger partial charge < -0.3 is 10.2 Å². The van der Waals surface area contributed by atoms with Gasteiger partial charge in [-0.15, -0.1) is 11.8 Å². The van der Waals surface area contributed by atoms with Gasteiger partial charge >= 0.3 is 0 Å². The number of piperidine rings is 1. The van der Waals surface area contributed by atoms with E-state index < -0.39 is 6.04 Å². The number of hydrogen-bond donors (Lipinski definition) is 2. The van der Waals surface area contributed by atoms with E-state index >= 15 is 0 Å². The van der Waals surface area contributed by atoms with E-state index in [2.05, 4.69) is 54.8 Å². The van der Waals surface area contributed by atoms with Gasteiger partial charge in [-0.1, -0.05) is 44.2 Å². The van der Waals surface area contributed by atoms with Crippen LogP contribution < -0.4 is 10.6 Å². The fourth-order valence-electron chi connectivity index (χ4n) is 5.47. The topological polar surface area (TPSA) is 78.5 Å². The lowest BCUT2D eigenvalue weighted by atomic mass is 9.75. The van der Waals surface area contributed by atoms with Gasteiger partial charge in [-0.05, 0) is 66.3 Å².